The fraction of sp³-hybridized carbons (Fsp3) is 0.444. The van der Waals surface area contributed by atoms with Gasteiger partial charge >= 0.3 is 13.2 Å². The number of hydrogen-bond acceptors (Lipinski definition) is 5. The minimum Gasteiger partial charge on any atom is -0.447 e. The molecule has 1 aromatic carbocycles. The first-order chi connectivity index (χ1) is 12.5. The van der Waals surface area contributed by atoms with Gasteiger partial charge in [-0.05, 0) is 35.8 Å². The van der Waals surface area contributed by atoms with Crippen LogP contribution in [0.5, 0.6) is 0 Å². The highest BCUT2D eigenvalue weighted by Crippen LogP contribution is 2.83. The Morgan fingerprint density at radius 3 is 2.69 bits per heavy atom. The summed E-state index contributed by atoms with van der Waals surface area (Å²) in [7, 11) is -1.70. The molecule has 2 saturated heterocycles. The molecule has 0 spiro atoms. The van der Waals surface area contributed by atoms with Gasteiger partial charge in [0.2, 0.25) is 5.91 Å². The molecule has 4 fully saturated rings. The maximum atomic E-state index is 12.1. The third-order valence-corrected chi connectivity index (χ3v) is 5.95. The lowest BCUT2D eigenvalue weighted by Crippen LogP contribution is -2.49. The number of amides is 2. The molecule has 0 radical (unpaired) electrons. The summed E-state index contributed by atoms with van der Waals surface area (Å²) in [6.07, 6.45) is 0.849. The van der Waals surface area contributed by atoms with Gasteiger partial charge < -0.3 is 25.0 Å². The van der Waals surface area contributed by atoms with Crippen molar-refractivity contribution in [2.45, 2.75) is 17.9 Å². The van der Waals surface area contributed by atoms with Crippen LogP contribution in [-0.2, 0) is 16.0 Å². The molecule has 4 aliphatic rings. The third-order valence-electron chi connectivity index (χ3n) is 5.95. The van der Waals surface area contributed by atoms with Crippen LogP contribution < -0.4 is 5.32 Å². The second kappa shape index (κ2) is 6.14. The van der Waals surface area contributed by atoms with Crippen molar-refractivity contribution in [1.82, 2.24) is 10.2 Å². The van der Waals surface area contributed by atoms with Crippen LogP contribution in [0, 0.1) is 17.8 Å². The third kappa shape index (κ3) is 2.60. The number of alkyl carbamates (subject to hydrolysis) is 1. The van der Waals surface area contributed by atoms with Crippen molar-refractivity contribution in [3.63, 3.8) is 0 Å². The number of hydrogen-bond donors (Lipinski definition) is 3. The Hall–Kier alpha value is -2.32. The second-order valence-corrected chi connectivity index (χ2v) is 7.29. The van der Waals surface area contributed by atoms with E-state index in [1.807, 2.05) is 30.3 Å². The molecule has 7 nitrogen and oxygen atoms in total. The van der Waals surface area contributed by atoms with Crippen LogP contribution in [0.1, 0.15) is 5.56 Å². The van der Waals surface area contributed by atoms with Crippen molar-refractivity contribution in [2.24, 2.45) is 17.8 Å². The Kier molecular flexibility index (Phi) is 4.04. The smallest absolute Gasteiger partial charge is 0.447 e. The number of carbonyl (C=O) groups is 2. The van der Waals surface area contributed by atoms with Crippen LogP contribution >= 0.6 is 0 Å². The lowest BCUT2D eigenvalue weighted by molar-refractivity contribution is -0.128. The van der Waals surface area contributed by atoms with Gasteiger partial charge in [0.1, 0.15) is 6.61 Å². The highest BCUT2D eigenvalue weighted by Gasteiger charge is 2.91. The Morgan fingerprint density at radius 2 is 2.08 bits per heavy atom. The molecule has 8 heteroatoms. The van der Waals surface area contributed by atoms with E-state index in [-0.39, 0.29) is 24.5 Å². The number of nitrogens with one attached hydrogen (secondary N) is 1. The van der Waals surface area contributed by atoms with Crippen molar-refractivity contribution in [3.05, 3.63) is 48.6 Å². The van der Waals surface area contributed by atoms with Gasteiger partial charge in [-0.3, -0.25) is 4.79 Å². The van der Waals surface area contributed by atoms with Crippen molar-refractivity contribution >= 4 is 19.1 Å². The summed E-state index contributed by atoms with van der Waals surface area (Å²) in [5, 5.41) is 21.6. The van der Waals surface area contributed by atoms with E-state index in [0.717, 1.165) is 5.56 Å². The maximum absolute atomic E-state index is 12.1. The number of nitrogens with zero attached hydrogens (tertiary/aromatic N) is 1. The summed E-state index contributed by atoms with van der Waals surface area (Å²) in [5.41, 5.74) is 0.509. The highest BCUT2D eigenvalue weighted by atomic mass is 16.6. The van der Waals surface area contributed by atoms with E-state index in [1.54, 1.807) is 4.90 Å². The normalized spacial score (nSPS) is 30.8. The molecule has 2 saturated carbocycles. The van der Waals surface area contributed by atoms with E-state index in [0.29, 0.717) is 24.3 Å². The van der Waals surface area contributed by atoms with E-state index in [4.69, 9.17) is 4.74 Å². The van der Waals surface area contributed by atoms with Gasteiger partial charge in [0, 0.05) is 6.54 Å². The second-order valence-electron chi connectivity index (χ2n) is 7.29. The molecule has 2 aliphatic carbocycles. The van der Waals surface area contributed by atoms with Gasteiger partial charge in [-0.2, -0.15) is 0 Å². The van der Waals surface area contributed by atoms with Crippen LogP contribution in [0.4, 0.5) is 4.79 Å². The summed E-state index contributed by atoms with van der Waals surface area (Å²) in [6, 6.07) is 9.23. The molecule has 5 rings (SSSR count). The van der Waals surface area contributed by atoms with Crippen LogP contribution in [0.25, 0.3) is 0 Å². The summed E-state index contributed by atoms with van der Waals surface area (Å²) in [5.74, 6) is 0.397. The molecule has 2 bridgehead atoms. The first-order valence-corrected chi connectivity index (χ1v) is 8.76. The molecular weight excluding hydrogens is 335 g/mol. The first-order valence-electron chi connectivity index (χ1n) is 8.76. The van der Waals surface area contributed by atoms with Gasteiger partial charge in [0.25, 0.3) is 0 Å². The molecule has 1 aromatic rings. The van der Waals surface area contributed by atoms with Crippen LogP contribution in [0.2, 0.25) is 0 Å². The molecule has 1 unspecified atom stereocenters. The topological polar surface area (TPSA) is 99.1 Å². The zero-order valence-corrected chi connectivity index (χ0v) is 14.2. The SMILES string of the molecule is C=CC(=O)N1C[C@@H]2C3[C@@H]2[C@]31COC(=O)N[C@@H](Cc1ccccc1)B(O)O. The van der Waals surface area contributed by atoms with Crippen molar-refractivity contribution < 1.29 is 24.4 Å². The first kappa shape index (κ1) is 17.1. The number of carbonyl (C=O) groups excluding carboxylic acids is 2. The fourth-order valence-corrected chi connectivity index (χ4v) is 4.60. The van der Waals surface area contributed by atoms with Crippen molar-refractivity contribution in [3.8, 4) is 0 Å². The lowest BCUT2D eigenvalue weighted by atomic mass is 9.76. The van der Waals surface area contributed by atoms with Crippen molar-refractivity contribution in [1.29, 1.82) is 0 Å². The Morgan fingerprint density at radius 1 is 1.38 bits per heavy atom. The van der Waals surface area contributed by atoms with Gasteiger partial charge in [-0.25, -0.2) is 4.79 Å². The predicted octanol–water partition coefficient (Wildman–Crippen LogP) is -0.0213. The summed E-state index contributed by atoms with van der Waals surface area (Å²) in [4.78, 5) is 25.9. The molecule has 2 amide bonds. The fourth-order valence-electron chi connectivity index (χ4n) is 4.60. The van der Waals surface area contributed by atoms with E-state index >= 15 is 0 Å². The van der Waals surface area contributed by atoms with Crippen LogP contribution in [-0.4, -0.2) is 58.7 Å². The van der Waals surface area contributed by atoms with Crippen LogP contribution in [0.15, 0.2) is 43.0 Å². The van der Waals surface area contributed by atoms with Crippen molar-refractivity contribution in [2.75, 3.05) is 13.2 Å². The van der Waals surface area contributed by atoms with Gasteiger partial charge in [0.05, 0.1) is 11.5 Å². The standard InChI is InChI=1S/C18H21BN2O5/c1-2-14(22)21-9-12-15-16(12)18(15,21)10-26-17(23)20-13(19(24)25)8-11-6-4-3-5-7-11/h2-7,12-13,15-16,24-25H,1,8-10H2,(H,20,23)/t12-,13-,15+,16?,18+/m0/s1. The summed E-state index contributed by atoms with van der Waals surface area (Å²) in [6.45, 7) is 4.36. The largest absolute Gasteiger partial charge is 0.475 e. The maximum Gasteiger partial charge on any atom is 0.475 e. The van der Waals surface area contributed by atoms with E-state index in [9.17, 15) is 19.6 Å². The molecule has 2 aliphatic heterocycles. The molecule has 2 heterocycles. The molecule has 136 valence electrons. The summed E-state index contributed by atoms with van der Waals surface area (Å²) >= 11 is 0. The molecular formula is C18H21BN2O5. The number of rotatable bonds is 7. The number of fused-ring (bicyclic) bond motifs is 1. The number of piperidine rings is 1. The Balaban J connectivity index is 1.32. The zero-order valence-electron chi connectivity index (χ0n) is 14.2. The van der Waals surface area contributed by atoms with Gasteiger partial charge in [-0.15, -0.1) is 0 Å². The lowest BCUT2D eigenvalue weighted by Gasteiger charge is -2.27. The Bertz CT molecular complexity index is 730. The van der Waals surface area contributed by atoms with Gasteiger partial charge in [-0.1, -0.05) is 36.9 Å². The molecule has 5 atom stereocenters. The predicted molar refractivity (Wildman–Crippen MR) is 93.7 cm³/mol. The zero-order chi connectivity index (χ0) is 18.5. The Labute approximate surface area is 151 Å². The molecule has 26 heavy (non-hydrogen) atoms. The van der Waals surface area contributed by atoms with Gasteiger partial charge in [0.15, 0.2) is 0 Å². The minimum atomic E-state index is -1.70. The average Bonchev–Trinajstić information content (AvgIpc) is 3.45. The quantitative estimate of drug-likeness (QED) is 0.471. The molecule has 0 aromatic heterocycles. The monoisotopic (exact) mass is 356 g/mol. The number of ether oxygens (including phenoxy) is 1. The van der Waals surface area contributed by atoms with Crippen LogP contribution in [0.3, 0.4) is 0 Å². The minimum absolute atomic E-state index is 0.129. The van der Waals surface area contributed by atoms with E-state index in [2.05, 4.69) is 11.9 Å². The average molecular weight is 356 g/mol. The molecule has 3 N–H and O–H groups in total. The highest BCUT2D eigenvalue weighted by molar-refractivity contribution is 6.43. The van der Waals surface area contributed by atoms with E-state index in [1.165, 1.54) is 6.08 Å². The number of benzene rings is 1. The van der Waals surface area contributed by atoms with E-state index < -0.39 is 19.2 Å². The summed E-state index contributed by atoms with van der Waals surface area (Å²) < 4.78 is 5.33.